The molecule has 1 amide bonds. The number of hydrogen-bond acceptors (Lipinski definition) is 5. The fraction of sp³-hybridized carbons (Fsp3) is 0.182. The normalized spacial score (nSPS) is 10.8. The van der Waals surface area contributed by atoms with E-state index in [4.69, 9.17) is 9.47 Å². The number of anilines is 1. The van der Waals surface area contributed by atoms with Crippen molar-refractivity contribution >= 4 is 27.9 Å². The number of rotatable bonds is 7. The Hall–Kier alpha value is -3.32. The van der Waals surface area contributed by atoms with Gasteiger partial charge >= 0.3 is 0 Å². The molecule has 0 aliphatic carbocycles. The predicted molar refractivity (Wildman–Crippen MR) is 115 cm³/mol. The summed E-state index contributed by atoms with van der Waals surface area (Å²) in [5, 5.41) is 4.88. The Morgan fingerprint density at radius 1 is 1.17 bits per heavy atom. The summed E-state index contributed by atoms with van der Waals surface area (Å²) < 4.78 is 12.8. The van der Waals surface area contributed by atoms with Crippen LogP contribution in [-0.2, 0) is 11.2 Å². The fourth-order valence-corrected chi connectivity index (χ4v) is 3.96. The van der Waals surface area contributed by atoms with Gasteiger partial charge in [-0.15, -0.1) is 11.3 Å². The van der Waals surface area contributed by atoms with Gasteiger partial charge in [-0.05, 0) is 43.3 Å². The highest BCUT2D eigenvalue weighted by atomic mass is 32.1. The molecular weight excluding hydrogens is 386 g/mol. The van der Waals surface area contributed by atoms with E-state index in [1.807, 2.05) is 71.4 Å². The summed E-state index contributed by atoms with van der Waals surface area (Å²) in [5.41, 5.74) is 3.43. The predicted octanol–water partition coefficient (Wildman–Crippen LogP) is 4.65. The maximum Gasteiger partial charge on any atom is 0.230 e. The fourth-order valence-electron chi connectivity index (χ4n) is 3.09. The molecule has 2 aromatic heterocycles. The first kappa shape index (κ1) is 19.0. The first-order valence-corrected chi connectivity index (χ1v) is 10.2. The number of methoxy groups -OCH3 is 1. The van der Waals surface area contributed by atoms with Gasteiger partial charge in [0, 0.05) is 22.8 Å². The third kappa shape index (κ3) is 4.09. The number of carbonyl (C=O) groups is 1. The first-order chi connectivity index (χ1) is 14.2. The Morgan fingerprint density at radius 3 is 2.72 bits per heavy atom. The molecule has 4 rings (SSSR count). The lowest BCUT2D eigenvalue weighted by atomic mass is 10.1. The Labute approximate surface area is 172 Å². The second kappa shape index (κ2) is 8.36. The van der Waals surface area contributed by atoms with Crippen molar-refractivity contribution in [3.63, 3.8) is 0 Å². The third-order valence-corrected chi connectivity index (χ3v) is 5.36. The van der Waals surface area contributed by atoms with Gasteiger partial charge < -0.3 is 14.8 Å². The highest BCUT2D eigenvalue weighted by molar-refractivity contribution is 7.15. The molecule has 7 heteroatoms. The van der Waals surface area contributed by atoms with Gasteiger partial charge in [0.2, 0.25) is 5.91 Å². The van der Waals surface area contributed by atoms with Crippen molar-refractivity contribution in [1.29, 1.82) is 0 Å². The Bertz CT molecular complexity index is 1130. The standard InChI is InChI=1S/C22H21N3O3S/c1-3-28-17-10-8-15(9-11-17)19-13-25-16(14-29-22(25)24-19)12-21(26)23-18-6-4-5-7-20(18)27-2/h4-11,13-14H,3,12H2,1-2H3,(H,23,26). The van der Waals surface area contributed by atoms with Crippen molar-refractivity contribution in [2.45, 2.75) is 13.3 Å². The van der Waals surface area contributed by atoms with Crippen LogP contribution in [-0.4, -0.2) is 29.0 Å². The lowest BCUT2D eigenvalue weighted by Gasteiger charge is -2.09. The van der Waals surface area contributed by atoms with Gasteiger partial charge in [0.1, 0.15) is 11.5 Å². The molecule has 4 aromatic rings. The van der Waals surface area contributed by atoms with Crippen molar-refractivity contribution in [3.8, 4) is 22.8 Å². The summed E-state index contributed by atoms with van der Waals surface area (Å²) in [6.45, 7) is 2.60. The van der Waals surface area contributed by atoms with Gasteiger partial charge in [0.05, 0.1) is 31.5 Å². The van der Waals surface area contributed by atoms with Crippen LogP contribution in [0.1, 0.15) is 12.6 Å². The Kier molecular flexibility index (Phi) is 5.48. The summed E-state index contributed by atoms with van der Waals surface area (Å²) in [5.74, 6) is 1.37. The van der Waals surface area contributed by atoms with E-state index in [9.17, 15) is 4.79 Å². The number of hydrogen-bond donors (Lipinski definition) is 1. The van der Waals surface area contributed by atoms with Gasteiger partial charge in [-0.2, -0.15) is 0 Å². The molecule has 0 aliphatic heterocycles. The largest absolute Gasteiger partial charge is 0.495 e. The van der Waals surface area contributed by atoms with Crippen LogP contribution in [0.15, 0.2) is 60.1 Å². The first-order valence-electron chi connectivity index (χ1n) is 9.29. The lowest BCUT2D eigenvalue weighted by Crippen LogP contribution is -2.15. The molecule has 0 fully saturated rings. The molecule has 2 heterocycles. The van der Waals surface area contributed by atoms with Crippen molar-refractivity contribution in [2.75, 3.05) is 19.0 Å². The second-order valence-electron chi connectivity index (χ2n) is 6.39. The van der Waals surface area contributed by atoms with Crippen LogP contribution in [0.3, 0.4) is 0 Å². The molecule has 0 saturated heterocycles. The monoisotopic (exact) mass is 407 g/mol. The number of thiazole rings is 1. The van der Waals surface area contributed by atoms with Crippen LogP contribution in [0, 0.1) is 0 Å². The van der Waals surface area contributed by atoms with Crippen molar-refractivity contribution in [3.05, 3.63) is 65.8 Å². The molecule has 0 radical (unpaired) electrons. The van der Waals surface area contributed by atoms with E-state index in [0.717, 1.165) is 27.7 Å². The Morgan fingerprint density at radius 2 is 1.97 bits per heavy atom. The third-order valence-electron chi connectivity index (χ3n) is 4.47. The number of nitrogens with zero attached hydrogens (tertiary/aromatic N) is 2. The molecule has 0 atom stereocenters. The van der Waals surface area contributed by atoms with Gasteiger partial charge in [-0.25, -0.2) is 4.98 Å². The molecule has 0 unspecified atom stereocenters. The number of imidazole rings is 1. The van der Waals surface area contributed by atoms with Crippen LogP contribution in [0.4, 0.5) is 5.69 Å². The van der Waals surface area contributed by atoms with E-state index in [1.165, 1.54) is 11.3 Å². The van der Waals surface area contributed by atoms with Crippen LogP contribution >= 0.6 is 11.3 Å². The summed E-state index contributed by atoms with van der Waals surface area (Å²) in [6.07, 6.45) is 2.21. The van der Waals surface area contributed by atoms with E-state index >= 15 is 0 Å². The van der Waals surface area contributed by atoms with Gasteiger partial charge in [0.25, 0.3) is 0 Å². The number of amides is 1. The molecule has 0 saturated carbocycles. The minimum Gasteiger partial charge on any atom is -0.495 e. The molecule has 0 bridgehead atoms. The average Bonchev–Trinajstić information content (AvgIpc) is 3.31. The molecular formula is C22H21N3O3S. The zero-order valence-corrected chi connectivity index (χ0v) is 17.0. The SMILES string of the molecule is CCOc1ccc(-c2cn3c(CC(=O)Nc4ccccc4OC)csc3n2)cc1. The van der Waals surface area contributed by atoms with Crippen LogP contribution in [0.25, 0.3) is 16.2 Å². The molecule has 0 spiro atoms. The topological polar surface area (TPSA) is 64.9 Å². The second-order valence-corrected chi connectivity index (χ2v) is 7.22. The van der Waals surface area contributed by atoms with Gasteiger partial charge in [0.15, 0.2) is 4.96 Å². The molecule has 1 N–H and O–H groups in total. The van der Waals surface area contributed by atoms with Crippen LogP contribution in [0.5, 0.6) is 11.5 Å². The minimum absolute atomic E-state index is 0.106. The number of aromatic nitrogens is 2. The quantitative estimate of drug-likeness (QED) is 0.484. The lowest BCUT2D eigenvalue weighted by molar-refractivity contribution is -0.115. The number of fused-ring (bicyclic) bond motifs is 1. The van der Waals surface area contributed by atoms with Crippen molar-refractivity contribution in [1.82, 2.24) is 9.38 Å². The summed E-state index contributed by atoms with van der Waals surface area (Å²) in [7, 11) is 1.58. The Balaban J connectivity index is 1.52. The minimum atomic E-state index is -0.106. The average molecular weight is 407 g/mol. The molecule has 0 aliphatic rings. The van der Waals surface area contributed by atoms with Crippen LogP contribution < -0.4 is 14.8 Å². The number of para-hydroxylation sites is 2. The highest BCUT2D eigenvalue weighted by Gasteiger charge is 2.14. The van der Waals surface area contributed by atoms with Crippen molar-refractivity contribution in [2.24, 2.45) is 0 Å². The zero-order chi connectivity index (χ0) is 20.2. The van der Waals surface area contributed by atoms with Crippen LogP contribution in [0.2, 0.25) is 0 Å². The van der Waals surface area contributed by atoms with E-state index in [0.29, 0.717) is 18.0 Å². The number of nitrogens with one attached hydrogen (secondary N) is 1. The number of ether oxygens (including phenoxy) is 2. The molecule has 29 heavy (non-hydrogen) atoms. The van der Waals surface area contributed by atoms with Gasteiger partial charge in [-0.3, -0.25) is 9.20 Å². The van der Waals surface area contributed by atoms with Crippen molar-refractivity contribution < 1.29 is 14.3 Å². The molecule has 6 nitrogen and oxygen atoms in total. The number of carbonyl (C=O) groups excluding carboxylic acids is 1. The summed E-state index contributed by atoms with van der Waals surface area (Å²) in [6, 6.07) is 15.2. The number of benzene rings is 2. The van der Waals surface area contributed by atoms with E-state index in [2.05, 4.69) is 10.3 Å². The summed E-state index contributed by atoms with van der Waals surface area (Å²) >= 11 is 1.52. The summed E-state index contributed by atoms with van der Waals surface area (Å²) in [4.78, 5) is 18.1. The van der Waals surface area contributed by atoms with E-state index in [1.54, 1.807) is 7.11 Å². The molecule has 148 valence electrons. The maximum absolute atomic E-state index is 12.6. The molecule has 2 aromatic carbocycles. The smallest absolute Gasteiger partial charge is 0.230 e. The highest BCUT2D eigenvalue weighted by Crippen LogP contribution is 2.27. The maximum atomic E-state index is 12.6. The van der Waals surface area contributed by atoms with E-state index < -0.39 is 0 Å². The zero-order valence-electron chi connectivity index (χ0n) is 16.2. The van der Waals surface area contributed by atoms with Gasteiger partial charge in [-0.1, -0.05) is 12.1 Å². The van der Waals surface area contributed by atoms with E-state index in [-0.39, 0.29) is 12.3 Å².